The van der Waals surface area contributed by atoms with Gasteiger partial charge in [0.2, 0.25) is 15.9 Å². The highest BCUT2D eigenvalue weighted by molar-refractivity contribution is 7.99. The number of hydrogen-bond donors (Lipinski definition) is 0. The highest BCUT2D eigenvalue weighted by Crippen LogP contribution is 2.30. The van der Waals surface area contributed by atoms with E-state index in [4.69, 9.17) is 0 Å². The Kier molecular flexibility index (Phi) is 6.95. The third-order valence-electron chi connectivity index (χ3n) is 6.36. The van der Waals surface area contributed by atoms with Gasteiger partial charge in [0.25, 0.3) is 0 Å². The van der Waals surface area contributed by atoms with Gasteiger partial charge in [-0.3, -0.25) is 4.79 Å². The topological polar surface area (TPSA) is 105 Å². The summed E-state index contributed by atoms with van der Waals surface area (Å²) in [5.74, 6) is 0.310. The average Bonchev–Trinajstić information content (AvgIpc) is 3.50. The number of aromatic nitrogens is 1. The van der Waals surface area contributed by atoms with E-state index in [1.54, 1.807) is 12.1 Å². The quantitative estimate of drug-likeness (QED) is 0.541. The Morgan fingerprint density at radius 1 is 1.10 bits per heavy atom. The van der Waals surface area contributed by atoms with E-state index >= 15 is 0 Å². The number of hydrogen-bond acceptors (Lipinski definition) is 7. The minimum absolute atomic E-state index is 0.0568. The van der Waals surface area contributed by atoms with Crippen LogP contribution in [-0.4, -0.2) is 79.4 Å². The number of amides is 1. The van der Waals surface area contributed by atoms with E-state index in [0.717, 1.165) is 38.5 Å². The fourth-order valence-corrected chi connectivity index (χ4v) is 8.66. The Morgan fingerprint density at radius 2 is 1.81 bits per heavy atom. The van der Waals surface area contributed by atoms with Crippen LogP contribution in [0, 0.1) is 0 Å². The zero-order chi connectivity index (χ0) is 22.1. The second-order valence-corrected chi connectivity index (χ2v) is 13.7. The van der Waals surface area contributed by atoms with Crippen LogP contribution in [0.15, 0.2) is 28.3 Å². The normalized spacial score (nSPS) is 24.6. The fourth-order valence-electron chi connectivity index (χ4n) is 4.78. The van der Waals surface area contributed by atoms with Gasteiger partial charge in [0.05, 0.1) is 22.3 Å². The molecule has 11 heteroatoms. The molecule has 2 saturated heterocycles. The predicted molar refractivity (Wildman–Crippen MR) is 119 cm³/mol. The molecular weight excluding hydrogens is 458 g/mol. The van der Waals surface area contributed by atoms with Crippen LogP contribution in [0.1, 0.15) is 44.9 Å². The molecule has 1 aromatic rings. The van der Waals surface area contributed by atoms with Crippen LogP contribution < -0.4 is 0 Å². The first-order valence-corrected chi connectivity index (χ1v) is 15.1. The van der Waals surface area contributed by atoms with E-state index < -0.39 is 19.9 Å². The Hall–Kier alpha value is -1.17. The van der Waals surface area contributed by atoms with Crippen molar-refractivity contribution in [1.29, 1.82) is 0 Å². The molecule has 0 N–H and O–H groups in total. The Bertz CT molecular complexity index is 999. The first-order chi connectivity index (χ1) is 14.8. The summed E-state index contributed by atoms with van der Waals surface area (Å²) in [7, 11) is -6.57. The summed E-state index contributed by atoms with van der Waals surface area (Å²) in [6.07, 6.45) is 7.61. The van der Waals surface area contributed by atoms with Crippen molar-refractivity contribution in [2.24, 2.45) is 0 Å². The molecule has 1 atom stereocenters. The molecule has 4 rings (SSSR count). The minimum Gasteiger partial charge on any atom is -0.335 e. The highest BCUT2D eigenvalue weighted by Gasteiger charge is 2.38. The number of thioether (sulfide) groups is 1. The number of sulfone groups is 1. The van der Waals surface area contributed by atoms with Crippen LogP contribution in [0.5, 0.6) is 0 Å². The summed E-state index contributed by atoms with van der Waals surface area (Å²) in [6.45, 7) is 1.09. The number of carbonyl (C=O) groups is 1. The van der Waals surface area contributed by atoms with Gasteiger partial charge >= 0.3 is 0 Å². The van der Waals surface area contributed by atoms with Gasteiger partial charge in [-0.2, -0.15) is 4.31 Å². The van der Waals surface area contributed by atoms with Gasteiger partial charge in [0.15, 0.2) is 9.84 Å². The molecule has 172 valence electrons. The molecule has 31 heavy (non-hydrogen) atoms. The lowest BCUT2D eigenvalue weighted by molar-refractivity contribution is -0.132. The summed E-state index contributed by atoms with van der Waals surface area (Å²) in [5, 5.41) is 0.583. The van der Waals surface area contributed by atoms with Gasteiger partial charge in [-0.25, -0.2) is 21.8 Å². The van der Waals surface area contributed by atoms with Gasteiger partial charge in [0, 0.05) is 31.4 Å². The van der Waals surface area contributed by atoms with Gasteiger partial charge in [0.1, 0.15) is 4.90 Å². The molecule has 3 fully saturated rings. The third kappa shape index (κ3) is 5.26. The summed E-state index contributed by atoms with van der Waals surface area (Å²) >= 11 is 1.27. The van der Waals surface area contributed by atoms with E-state index in [1.165, 1.54) is 22.3 Å². The maximum atomic E-state index is 13.1. The smallest absolute Gasteiger partial charge is 0.244 e. The Labute approximate surface area is 188 Å². The van der Waals surface area contributed by atoms with Crippen molar-refractivity contribution in [2.45, 2.75) is 67.0 Å². The van der Waals surface area contributed by atoms with Crippen LogP contribution in [0.2, 0.25) is 0 Å². The molecule has 3 heterocycles. The van der Waals surface area contributed by atoms with Crippen molar-refractivity contribution in [2.75, 3.05) is 30.3 Å². The van der Waals surface area contributed by atoms with Crippen LogP contribution in [-0.2, 0) is 24.7 Å². The molecular formula is C20H29N3O5S3. The standard InChI is InChI=1S/C20H29N3O5S3/c24-20(23(16-5-1-2-6-16)17-9-12-30(25,26)15-17)14-29-19-8-7-18(13-21-19)31(27,28)22-10-3-4-11-22/h7-8,13,16-17H,1-6,9-12,14-15H2. The minimum atomic E-state index is -3.50. The molecule has 0 bridgehead atoms. The summed E-state index contributed by atoms with van der Waals surface area (Å²) in [5.41, 5.74) is 0. The highest BCUT2D eigenvalue weighted by atomic mass is 32.2. The van der Waals surface area contributed by atoms with Crippen LogP contribution in [0.25, 0.3) is 0 Å². The zero-order valence-electron chi connectivity index (χ0n) is 17.5. The van der Waals surface area contributed by atoms with Gasteiger partial charge in [-0.1, -0.05) is 24.6 Å². The molecule has 3 aliphatic rings. The van der Waals surface area contributed by atoms with E-state index in [1.807, 2.05) is 4.90 Å². The fraction of sp³-hybridized carbons (Fsp3) is 0.700. The molecule has 2 aliphatic heterocycles. The predicted octanol–water partition coefficient (Wildman–Crippen LogP) is 1.92. The van der Waals surface area contributed by atoms with E-state index in [9.17, 15) is 21.6 Å². The Morgan fingerprint density at radius 3 is 2.39 bits per heavy atom. The first-order valence-electron chi connectivity index (χ1n) is 10.9. The van der Waals surface area contributed by atoms with E-state index in [-0.39, 0.29) is 40.1 Å². The molecule has 1 aromatic heterocycles. The molecule has 0 aromatic carbocycles. The van der Waals surface area contributed by atoms with Gasteiger partial charge < -0.3 is 4.90 Å². The van der Waals surface area contributed by atoms with Crippen molar-refractivity contribution in [1.82, 2.24) is 14.2 Å². The largest absolute Gasteiger partial charge is 0.335 e. The van der Waals surface area contributed by atoms with Crippen molar-refractivity contribution >= 4 is 37.5 Å². The number of carbonyl (C=O) groups excluding carboxylic acids is 1. The summed E-state index contributed by atoms with van der Waals surface area (Å²) < 4.78 is 50.6. The van der Waals surface area contributed by atoms with Crippen LogP contribution in [0.3, 0.4) is 0 Å². The van der Waals surface area contributed by atoms with Crippen molar-refractivity contribution < 1.29 is 21.6 Å². The molecule has 8 nitrogen and oxygen atoms in total. The number of rotatable bonds is 7. The number of nitrogens with zero attached hydrogens (tertiary/aromatic N) is 3. The molecule has 1 amide bonds. The van der Waals surface area contributed by atoms with E-state index in [0.29, 0.717) is 24.5 Å². The number of pyridine rings is 1. The lowest BCUT2D eigenvalue weighted by Crippen LogP contribution is -2.47. The number of sulfonamides is 1. The monoisotopic (exact) mass is 487 g/mol. The maximum Gasteiger partial charge on any atom is 0.244 e. The molecule has 0 radical (unpaired) electrons. The lowest BCUT2D eigenvalue weighted by Gasteiger charge is -2.34. The third-order valence-corrected chi connectivity index (χ3v) is 10.9. The Balaban J connectivity index is 1.40. The van der Waals surface area contributed by atoms with Gasteiger partial charge in [-0.05, 0) is 44.2 Å². The van der Waals surface area contributed by atoms with E-state index in [2.05, 4.69) is 4.98 Å². The van der Waals surface area contributed by atoms with Crippen molar-refractivity contribution in [3.8, 4) is 0 Å². The molecule has 1 unspecified atom stereocenters. The SMILES string of the molecule is O=C(CSc1ccc(S(=O)(=O)N2CCCC2)cn1)N(C1CCCC1)C1CCS(=O)(=O)C1. The summed E-state index contributed by atoms with van der Waals surface area (Å²) in [4.78, 5) is 19.3. The average molecular weight is 488 g/mol. The summed E-state index contributed by atoms with van der Waals surface area (Å²) in [6, 6.07) is 3.07. The van der Waals surface area contributed by atoms with Crippen LogP contribution >= 0.6 is 11.8 Å². The second kappa shape index (κ2) is 9.36. The lowest BCUT2D eigenvalue weighted by atomic mass is 10.1. The van der Waals surface area contributed by atoms with Crippen molar-refractivity contribution in [3.63, 3.8) is 0 Å². The molecule has 0 spiro atoms. The van der Waals surface area contributed by atoms with Crippen molar-refractivity contribution in [3.05, 3.63) is 18.3 Å². The molecule has 1 saturated carbocycles. The van der Waals surface area contributed by atoms with Crippen LogP contribution in [0.4, 0.5) is 0 Å². The maximum absolute atomic E-state index is 13.1. The second-order valence-electron chi connectivity index (χ2n) is 8.53. The zero-order valence-corrected chi connectivity index (χ0v) is 19.9. The first kappa shape index (κ1) is 23.0. The van der Waals surface area contributed by atoms with Gasteiger partial charge in [-0.15, -0.1) is 0 Å². The molecule has 1 aliphatic carbocycles.